The van der Waals surface area contributed by atoms with Gasteiger partial charge in [-0.3, -0.25) is 4.79 Å². The van der Waals surface area contributed by atoms with E-state index in [2.05, 4.69) is 6.92 Å². The van der Waals surface area contributed by atoms with Crippen molar-refractivity contribution in [2.75, 3.05) is 6.54 Å². The summed E-state index contributed by atoms with van der Waals surface area (Å²) in [5.74, 6) is -0.00916. The maximum atomic E-state index is 10.7. The first-order valence-corrected chi connectivity index (χ1v) is 5.04. The van der Waals surface area contributed by atoms with Crippen LogP contribution in [-0.4, -0.2) is 17.6 Å². The molecule has 1 saturated carbocycles. The Morgan fingerprint density at radius 1 is 1.69 bits per heavy atom. The summed E-state index contributed by atoms with van der Waals surface area (Å²) in [6.07, 6.45) is 4.56. The minimum atomic E-state index is -0.706. The second-order valence-corrected chi connectivity index (χ2v) is 4.29. The Hall–Kier alpha value is -0.570. The van der Waals surface area contributed by atoms with Gasteiger partial charge in [0.15, 0.2) is 0 Å². The summed E-state index contributed by atoms with van der Waals surface area (Å²) in [7, 11) is 0. The zero-order valence-electron chi connectivity index (χ0n) is 8.25. The minimum Gasteiger partial charge on any atom is -0.481 e. The lowest BCUT2D eigenvalue weighted by atomic mass is 9.82. The summed E-state index contributed by atoms with van der Waals surface area (Å²) in [5.41, 5.74) is 5.58. The fourth-order valence-electron chi connectivity index (χ4n) is 2.41. The smallest absolute Gasteiger partial charge is 0.303 e. The predicted molar refractivity (Wildman–Crippen MR) is 51.4 cm³/mol. The van der Waals surface area contributed by atoms with Crippen LogP contribution in [0.2, 0.25) is 0 Å². The molecule has 76 valence electrons. The van der Waals surface area contributed by atoms with Crippen LogP contribution >= 0.6 is 0 Å². The van der Waals surface area contributed by atoms with Gasteiger partial charge in [0.05, 0.1) is 6.42 Å². The third-order valence-electron chi connectivity index (χ3n) is 3.34. The van der Waals surface area contributed by atoms with Gasteiger partial charge in [-0.15, -0.1) is 0 Å². The molecule has 0 radical (unpaired) electrons. The third kappa shape index (κ3) is 2.44. The molecule has 0 saturated heterocycles. The molecule has 0 heterocycles. The second kappa shape index (κ2) is 4.09. The van der Waals surface area contributed by atoms with E-state index in [1.807, 2.05) is 0 Å². The molecule has 3 N–H and O–H groups in total. The van der Waals surface area contributed by atoms with Gasteiger partial charge >= 0.3 is 5.97 Å². The Morgan fingerprint density at radius 3 is 2.77 bits per heavy atom. The van der Waals surface area contributed by atoms with Crippen molar-refractivity contribution in [3.05, 3.63) is 0 Å². The molecule has 0 unspecified atom stereocenters. The maximum Gasteiger partial charge on any atom is 0.303 e. The number of aliphatic carboxylic acids is 1. The van der Waals surface area contributed by atoms with E-state index in [9.17, 15) is 4.79 Å². The Labute approximate surface area is 79.3 Å². The first-order chi connectivity index (χ1) is 6.12. The molecule has 1 aliphatic rings. The highest BCUT2D eigenvalue weighted by molar-refractivity contribution is 5.67. The van der Waals surface area contributed by atoms with Crippen molar-refractivity contribution in [2.45, 2.75) is 39.0 Å². The standard InChI is InChI=1S/C10H19NO2/c1-2-8-3-4-10(5-8,7-11)6-9(12)13/h8H,2-7,11H2,1H3,(H,12,13)/t8-,10+/m1/s1. The molecule has 0 aromatic heterocycles. The van der Waals surface area contributed by atoms with Gasteiger partial charge in [-0.1, -0.05) is 13.3 Å². The number of carbonyl (C=O) groups is 1. The average Bonchev–Trinajstić information content (AvgIpc) is 2.48. The molecule has 2 atom stereocenters. The number of hydrogen-bond donors (Lipinski definition) is 2. The molecule has 1 aliphatic carbocycles. The summed E-state index contributed by atoms with van der Waals surface area (Å²) in [6.45, 7) is 2.69. The van der Waals surface area contributed by atoms with Gasteiger partial charge < -0.3 is 10.8 Å². The lowest BCUT2D eigenvalue weighted by molar-refractivity contribution is -0.139. The van der Waals surface area contributed by atoms with Gasteiger partial charge in [0, 0.05) is 0 Å². The van der Waals surface area contributed by atoms with Gasteiger partial charge in [-0.05, 0) is 37.1 Å². The fraction of sp³-hybridized carbons (Fsp3) is 0.900. The number of carboxylic acids is 1. The first-order valence-electron chi connectivity index (χ1n) is 5.04. The topological polar surface area (TPSA) is 63.3 Å². The molecule has 3 nitrogen and oxygen atoms in total. The zero-order chi connectivity index (χ0) is 9.90. The highest BCUT2D eigenvalue weighted by Gasteiger charge is 2.38. The molecular formula is C10H19NO2. The van der Waals surface area contributed by atoms with Crippen molar-refractivity contribution in [2.24, 2.45) is 17.1 Å². The van der Waals surface area contributed by atoms with Gasteiger partial charge in [0.2, 0.25) is 0 Å². The average molecular weight is 185 g/mol. The van der Waals surface area contributed by atoms with Gasteiger partial charge in [-0.2, -0.15) is 0 Å². The lowest BCUT2D eigenvalue weighted by Crippen LogP contribution is -2.30. The fourth-order valence-corrected chi connectivity index (χ4v) is 2.41. The summed E-state index contributed by atoms with van der Waals surface area (Å²) in [4.78, 5) is 10.7. The number of nitrogens with two attached hydrogens (primary N) is 1. The van der Waals surface area contributed by atoms with Crippen molar-refractivity contribution in [1.29, 1.82) is 0 Å². The van der Waals surface area contributed by atoms with Crippen molar-refractivity contribution in [1.82, 2.24) is 0 Å². The Kier molecular flexibility index (Phi) is 3.31. The predicted octanol–water partition coefficient (Wildman–Crippen LogP) is 1.62. The largest absolute Gasteiger partial charge is 0.481 e. The summed E-state index contributed by atoms with van der Waals surface area (Å²) in [6, 6.07) is 0. The molecule has 0 aromatic carbocycles. The van der Waals surface area contributed by atoms with E-state index in [0.717, 1.165) is 25.7 Å². The third-order valence-corrected chi connectivity index (χ3v) is 3.34. The molecule has 13 heavy (non-hydrogen) atoms. The Morgan fingerprint density at radius 2 is 2.38 bits per heavy atom. The molecule has 1 rings (SSSR count). The monoisotopic (exact) mass is 185 g/mol. The lowest BCUT2D eigenvalue weighted by Gasteiger charge is -2.25. The van der Waals surface area contributed by atoms with E-state index >= 15 is 0 Å². The maximum absolute atomic E-state index is 10.7. The molecule has 1 fully saturated rings. The van der Waals surface area contributed by atoms with E-state index < -0.39 is 5.97 Å². The SMILES string of the molecule is CC[C@@H]1CC[C@@](CN)(CC(=O)O)C1. The van der Waals surface area contributed by atoms with Crippen molar-refractivity contribution in [3.63, 3.8) is 0 Å². The van der Waals surface area contributed by atoms with Gasteiger partial charge in [0.1, 0.15) is 0 Å². The quantitative estimate of drug-likeness (QED) is 0.699. The Balaban J connectivity index is 2.57. The number of carboxylic acid groups (broad SMARTS) is 1. The first kappa shape index (κ1) is 10.5. The van der Waals surface area contributed by atoms with Crippen LogP contribution in [0.15, 0.2) is 0 Å². The van der Waals surface area contributed by atoms with Crippen LogP contribution in [0, 0.1) is 11.3 Å². The van der Waals surface area contributed by atoms with Crippen LogP contribution in [0.3, 0.4) is 0 Å². The van der Waals surface area contributed by atoms with Crippen LogP contribution in [0.1, 0.15) is 39.0 Å². The second-order valence-electron chi connectivity index (χ2n) is 4.29. The summed E-state index contributed by atoms with van der Waals surface area (Å²) >= 11 is 0. The summed E-state index contributed by atoms with van der Waals surface area (Å²) in [5, 5.41) is 8.77. The zero-order valence-corrected chi connectivity index (χ0v) is 8.25. The van der Waals surface area contributed by atoms with E-state index in [0.29, 0.717) is 12.5 Å². The van der Waals surface area contributed by atoms with Crippen molar-refractivity contribution >= 4 is 5.97 Å². The van der Waals surface area contributed by atoms with Crippen molar-refractivity contribution in [3.8, 4) is 0 Å². The summed E-state index contributed by atoms with van der Waals surface area (Å²) < 4.78 is 0. The normalized spacial score (nSPS) is 33.5. The van der Waals surface area contributed by atoms with E-state index in [1.54, 1.807) is 0 Å². The van der Waals surface area contributed by atoms with Gasteiger partial charge in [-0.25, -0.2) is 0 Å². The van der Waals surface area contributed by atoms with Crippen molar-refractivity contribution < 1.29 is 9.90 Å². The van der Waals surface area contributed by atoms with Crippen LogP contribution < -0.4 is 5.73 Å². The van der Waals surface area contributed by atoms with Crippen LogP contribution in [-0.2, 0) is 4.79 Å². The highest BCUT2D eigenvalue weighted by atomic mass is 16.4. The molecule has 3 heteroatoms. The van der Waals surface area contributed by atoms with Crippen LogP contribution in [0.4, 0.5) is 0 Å². The molecule has 0 bridgehead atoms. The van der Waals surface area contributed by atoms with E-state index in [1.165, 1.54) is 0 Å². The van der Waals surface area contributed by atoms with Gasteiger partial charge in [0.25, 0.3) is 0 Å². The molecular weight excluding hydrogens is 166 g/mol. The molecule has 0 amide bonds. The molecule has 0 aromatic rings. The molecule has 0 spiro atoms. The number of rotatable bonds is 4. The number of hydrogen-bond acceptors (Lipinski definition) is 2. The highest BCUT2D eigenvalue weighted by Crippen LogP contribution is 2.44. The Bertz CT molecular complexity index is 193. The minimum absolute atomic E-state index is 0.0908. The van der Waals surface area contributed by atoms with Crippen LogP contribution in [0.25, 0.3) is 0 Å². The molecule has 0 aliphatic heterocycles. The van der Waals surface area contributed by atoms with E-state index in [4.69, 9.17) is 10.8 Å². The van der Waals surface area contributed by atoms with E-state index in [-0.39, 0.29) is 11.8 Å². The van der Waals surface area contributed by atoms with Crippen LogP contribution in [0.5, 0.6) is 0 Å².